The van der Waals surface area contributed by atoms with E-state index in [2.05, 4.69) is 0 Å². The predicted octanol–water partition coefficient (Wildman–Crippen LogP) is 2.77. The van der Waals surface area contributed by atoms with Gasteiger partial charge in [0.1, 0.15) is 0 Å². The second-order valence-corrected chi connectivity index (χ2v) is 5.67. The highest BCUT2D eigenvalue weighted by molar-refractivity contribution is 5.96. The Morgan fingerprint density at radius 3 is 2.76 bits per heavy atom. The second-order valence-electron chi connectivity index (χ2n) is 5.67. The number of rotatable bonds is 5. The van der Waals surface area contributed by atoms with Crippen LogP contribution in [0.4, 0.5) is 8.78 Å². The summed E-state index contributed by atoms with van der Waals surface area (Å²) in [6, 6.07) is 3.68. The molecule has 21 heavy (non-hydrogen) atoms. The maximum Gasteiger partial charge on any atom is 0.169 e. The molecule has 1 aromatic carbocycles. The van der Waals surface area contributed by atoms with Gasteiger partial charge in [0.2, 0.25) is 0 Å². The predicted molar refractivity (Wildman–Crippen MR) is 76.2 cm³/mol. The molecule has 116 valence electrons. The number of halogens is 2. The number of carbonyl (C=O) groups is 1. The first kappa shape index (κ1) is 16.0. The Morgan fingerprint density at radius 1 is 1.33 bits per heavy atom. The fourth-order valence-corrected chi connectivity index (χ4v) is 2.90. The minimum Gasteiger partial charge on any atom is -0.391 e. The van der Waals surface area contributed by atoms with Crippen molar-refractivity contribution in [2.24, 2.45) is 0 Å². The number of hydrogen-bond donors (Lipinski definition) is 1. The Labute approximate surface area is 123 Å². The van der Waals surface area contributed by atoms with Crippen molar-refractivity contribution in [3.8, 4) is 0 Å². The third-order valence-electron chi connectivity index (χ3n) is 4.20. The molecule has 1 fully saturated rings. The summed E-state index contributed by atoms with van der Waals surface area (Å²) in [7, 11) is 1.86. The number of aliphatic hydroxyl groups excluding tert-OH is 1. The van der Waals surface area contributed by atoms with Gasteiger partial charge in [-0.25, -0.2) is 8.78 Å². The summed E-state index contributed by atoms with van der Waals surface area (Å²) in [5.74, 6) is -2.50. The first-order valence-electron chi connectivity index (χ1n) is 7.36. The van der Waals surface area contributed by atoms with E-state index in [9.17, 15) is 18.7 Å². The molecule has 0 heterocycles. The first-order valence-corrected chi connectivity index (χ1v) is 7.36. The molecule has 3 nitrogen and oxygen atoms in total. The summed E-state index contributed by atoms with van der Waals surface area (Å²) in [6.45, 7) is 0.427. The lowest BCUT2D eigenvalue weighted by atomic mass is 9.91. The molecule has 0 bridgehead atoms. The maximum atomic E-state index is 13.5. The van der Waals surface area contributed by atoms with E-state index in [0.29, 0.717) is 6.54 Å². The molecule has 2 rings (SSSR count). The average Bonchev–Trinajstić information content (AvgIpc) is 2.47. The Morgan fingerprint density at radius 2 is 2.05 bits per heavy atom. The molecule has 1 N–H and O–H groups in total. The van der Waals surface area contributed by atoms with E-state index >= 15 is 0 Å². The van der Waals surface area contributed by atoms with Crippen molar-refractivity contribution in [3.05, 3.63) is 35.4 Å². The van der Waals surface area contributed by atoms with Gasteiger partial charge in [-0.3, -0.25) is 4.79 Å². The highest BCUT2D eigenvalue weighted by atomic mass is 19.2. The molecular formula is C16H21F2NO2. The Hall–Kier alpha value is -1.33. The van der Waals surface area contributed by atoms with Crippen LogP contribution < -0.4 is 0 Å². The molecule has 2 atom stereocenters. The lowest BCUT2D eigenvalue weighted by Gasteiger charge is -2.35. The number of nitrogens with zero attached hydrogens (tertiary/aromatic N) is 1. The number of hydrogen-bond acceptors (Lipinski definition) is 3. The molecule has 1 saturated carbocycles. The first-order chi connectivity index (χ1) is 10.0. The van der Waals surface area contributed by atoms with Crippen LogP contribution in [0.15, 0.2) is 18.2 Å². The van der Waals surface area contributed by atoms with Crippen molar-refractivity contribution in [3.63, 3.8) is 0 Å². The molecule has 1 aliphatic rings. The van der Waals surface area contributed by atoms with Gasteiger partial charge in [0.15, 0.2) is 17.4 Å². The number of carbonyl (C=O) groups excluding carboxylic acids is 1. The highest BCUT2D eigenvalue weighted by Crippen LogP contribution is 2.22. The van der Waals surface area contributed by atoms with E-state index < -0.39 is 17.4 Å². The third-order valence-corrected chi connectivity index (χ3v) is 4.20. The minimum atomic E-state index is -1.08. The quantitative estimate of drug-likeness (QED) is 0.850. The van der Waals surface area contributed by atoms with Gasteiger partial charge in [-0.1, -0.05) is 18.9 Å². The summed E-state index contributed by atoms with van der Waals surface area (Å²) in [5.41, 5.74) is -0.201. The molecule has 0 spiro atoms. The highest BCUT2D eigenvalue weighted by Gasteiger charge is 2.27. The SMILES string of the molecule is CN(CCC(=O)c1cccc(F)c1F)C1CCCCC1O. The zero-order chi connectivity index (χ0) is 15.4. The molecule has 1 aromatic rings. The number of Topliss-reactive ketones (excluding diaryl/α,β-unsaturated/α-hetero) is 1. The summed E-state index contributed by atoms with van der Waals surface area (Å²) in [6.07, 6.45) is 3.52. The van der Waals surface area contributed by atoms with Crippen LogP contribution in [0.3, 0.4) is 0 Å². The lowest BCUT2D eigenvalue weighted by molar-refractivity contribution is 0.0315. The molecule has 0 radical (unpaired) electrons. The van der Waals surface area contributed by atoms with Crippen molar-refractivity contribution < 1.29 is 18.7 Å². The number of ketones is 1. The minimum absolute atomic E-state index is 0.0453. The van der Waals surface area contributed by atoms with Crippen LogP contribution in [0.1, 0.15) is 42.5 Å². The van der Waals surface area contributed by atoms with Gasteiger partial charge in [-0.05, 0) is 32.0 Å². The van der Waals surface area contributed by atoms with Gasteiger partial charge in [-0.2, -0.15) is 0 Å². The van der Waals surface area contributed by atoms with Crippen molar-refractivity contribution in [1.29, 1.82) is 0 Å². The Balaban J connectivity index is 1.93. The lowest BCUT2D eigenvalue weighted by Crippen LogP contribution is -2.44. The maximum absolute atomic E-state index is 13.5. The van der Waals surface area contributed by atoms with Gasteiger partial charge in [0.25, 0.3) is 0 Å². The smallest absolute Gasteiger partial charge is 0.169 e. The zero-order valence-electron chi connectivity index (χ0n) is 12.2. The van der Waals surface area contributed by atoms with Crippen LogP contribution in [0, 0.1) is 11.6 Å². The van der Waals surface area contributed by atoms with E-state index in [-0.39, 0.29) is 24.1 Å². The van der Waals surface area contributed by atoms with Crippen LogP contribution in [0.2, 0.25) is 0 Å². The molecule has 0 amide bonds. The van der Waals surface area contributed by atoms with Crippen LogP contribution in [-0.2, 0) is 0 Å². The van der Waals surface area contributed by atoms with Crippen LogP contribution >= 0.6 is 0 Å². The zero-order valence-corrected chi connectivity index (χ0v) is 12.2. The van der Waals surface area contributed by atoms with Crippen molar-refractivity contribution in [1.82, 2.24) is 4.90 Å². The van der Waals surface area contributed by atoms with Gasteiger partial charge in [0, 0.05) is 19.0 Å². The molecule has 5 heteroatoms. The normalized spacial score (nSPS) is 22.5. The largest absolute Gasteiger partial charge is 0.391 e. The fraction of sp³-hybridized carbons (Fsp3) is 0.562. The molecule has 1 aliphatic carbocycles. The monoisotopic (exact) mass is 297 g/mol. The summed E-state index contributed by atoms with van der Waals surface area (Å²) < 4.78 is 26.7. The van der Waals surface area contributed by atoms with Crippen molar-refractivity contribution in [2.75, 3.05) is 13.6 Å². The fourth-order valence-electron chi connectivity index (χ4n) is 2.90. The molecule has 0 saturated heterocycles. The van der Waals surface area contributed by atoms with Gasteiger partial charge in [0.05, 0.1) is 11.7 Å². The molecule has 2 unspecified atom stereocenters. The number of likely N-dealkylation sites (N-methyl/N-ethyl adjacent to an activating group) is 1. The summed E-state index contributed by atoms with van der Waals surface area (Å²) in [4.78, 5) is 13.9. The van der Waals surface area contributed by atoms with E-state index in [1.807, 2.05) is 11.9 Å². The van der Waals surface area contributed by atoms with E-state index in [1.54, 1.807) is 0 Å². The topological polar surface area (TPSA) is 40.5 Å². The Bertz CT molecular complexity index is 507. The van der Waals surface area contributed by atoms with Crippen LogP contribution in [0.5, 0.6) is 0 Å². The van der Waals surface area contributed by atoms with Crippen molar-refractivity contribution in [2.45, 2.75) is 44.2 Å². The third kappa shape index (κ3) is 3.86. The number of aliphatic hydroxyl groups is 1. The summed E-state index contributed by atoms with van der Waals surface area (Å²) in [5, 5.41) is 9.97. The van der Waals surface area contributed by atoms with E-state index in [0.717, 1.165) is 31.7 Å². The van der Waals surface area contributed by atoms with Crippen LogP contribution in [0.25, 0.3) is 0 Å². The number of benzene rings is 1. The van der Waals surface area contributed by atoms with Crippen molar-refractivity contribution >= 4 is 5.78 Å². The summed E-state index contributed by atoms with van der Waals surface area (Å²) >= 11 is 0. The van der Waals surface area contributed by atoms with Gasteiger partial charge < -0.3 is 10.0 Å². The second kappa shape index (κ2) is 7.09. The molecule has 0 aliphatic heterocycles. The molecule has 0 aromatic heterocycles. The molecular weight excluding hydrogens is 276 g/mol. The van der Waals surface area contributed by atoms with Gasteiger partial charge in [-0.15, -0.1) is 0 Å². The average molecular weight is 297 g/mol. The Kier molecular flexibility index (Phi) is 5.42. The van der Waals surface area contributed by atoms with Crippen LogP contribution in [-0.4, -0.2) is 41.5 Å². The van der Waals surface area contributed by atoms with Gasteiger partial charge >= 0.3 is 0 Å². The van der Waals surface area contributed by atoms with E-state index in [4.69, 9.17) is 0 Å². The van der Waals surface area contributed by atoms with E-state index in [1.165, 1.54) is 12.1 Å². The standard InChI is InChI=1S/C16H21F2NO2/c1-19(13-7-2-3-8-15(13)21)10-9-14(20)11-5-4-6-12(17)16(11)18/h4-6,13,15,21H,2-3,7-10H2,1H3.